The second-order valence-corrected chi connectivity index (χ2v) is 5.42. The average molecular weight is 313 g/mol. The lowest BCUT2D eigenvalue weighted by atomic mass is 10.1. The van der Waals surface area contributed by atoms with E-state index in [1.165, 1.54) is 0 Å². The van der Waals surface area contributed by atoms with Gasteiger partial charge in [0.1, 0.15) is 0 Å². The molecule has 2 heterocycles. The van der Waals surface area contributed by atoms with E-state index in [4.69, 9.17) is 11.5 Å². The van der Waals surface area contributed by atoms with Crippen molar-refractivity contribution in [2.24, 2.45) is 21.5 Å². The number of para-hydroxylation sites is 1. The lowest BCUT2D eigenvalue weighted by Gasteiger charge is -1.99. The van der Waals surface area contributed by atoms with E-state index in [1.54, 1.807) is 6.08 Å². The van der Waals surface area contributed by atoms with Crippen LogP contribution in [0, 0.1) is 0 Å². The van der Waals surface area contributed by atoms with E-state index in [0.717, 1.165) is 23.0 Å². The number of aliphatic imine (C=N–C) groups is 2. The Morgan fingerprint density at radius 1 is 1.32 bits per heavy atom. The lowest BCUT2D eigenvalue weighted by molar-refractivity contribution is -0.655. The van der Waals surface area contributed by atoms with E-state index >= 15 is 0 Å². The Bertz CT molecular complexity index is 803. The molecule has 1 aromatic heterocycles. The van der Waals surface area contributed by atoms with Gasteiger partial charge in [-0.25, -0.2) is 0 Å². The van der Waals surface area contributed by atoms with Gasteiger partial charge in [0.05, 0.1) is 16.7 Å². The molecule has 0 saturated heterocycles. The topological polar surface area (TPSA) is 114 Å². The first-order chi connectivity index (χ1) is 10.6. The highest BCUT2D eigenvalue weighted by Gasteiger charge is 2.23. The third kappa shape index (κ3) is 2.91. The third-order valence-corrected chi connectivity index (χ3v) is 3.74. The van der Waals surface area contributed by atoms with Crippen LogP contribution >= 0.6 is 11.8 Å². The van der Waals surface area contributed by atoms with Crippen LogP contribution in [-0.2, 0) is 4.79 Å². The molecule has 1 amide bonds. The molecule has 1 aliphatic rings. The first kappa shape index (κ1) is 14.1. The summed E-state index contributed by atoms with van der Waals surface area (Å²) in [7, 11) is 0. The second-order valence-electron chi connectivity index (χ2n) is 4.41. The van der Waals surface area contributed by atoms with Gasteiger partial charge >= 0.3 is 0 Å². The molecule has 110 valence electrons. The maximum absolute atomic E-state index is 11.9. The number of rotatable bonds is 2. The highest BCUT2D eigenvalue weighted by atomic mass is 32.2. The predicted molar refractivity (Wildman–Crippen MR) is 86.1 cm³/mol. The molecule has 22 heavy (non-hydrogen) atoms. The average Bonchev–Trinajstić information content (AvgIpc) is 3.10. The molecular weight excluding hydrogens is 300 g/mol. The summed E-state index contributed by atoms with van der Waals surface area (Å²) in [5, 5.41) is 3.33. The van der Waals surface area contributed by atoms with E-state index in [2.05, 4.69) is 15.1 Å². The molecule has 5 N–H and O–H groups in total. The van der Waals surface area contributed by atoms with E-state index in [9.17, 15) is 4.79 Å². The Morgan fingerprint density at radius 2 is 2.14 bits per heavy atom. The number of carbonyl (C=O) groups is 1. The molecular formula is C14H13N6OS+. The number of aromatic nitrogens is 2. The van der Waals surface area contributed by atoms with Crippen LogP contribution in [0.3, 0.4) is 0 Å². The number of hydrogen-bond donors (Lipinski definition) is 3. The zero-order chi connectivity index (χ0) is 15.5. The minimum absolute atomic E-state index is 0.123. The van der Waals surface area contributed by atoms with Gasteiger partial charge in [0.2, 0.25) is 11.9 Å². The van der Waals surface area contributed by atoms with Crippen molar-refractivity contribution >= 4 is 34.9 Å². The number of nitrogens with one attached hydrogen (secondary N) is 1. The monoisotopic (exact) mass is 313 g/mol. The smallest absolute Gasteiger partial charge is 0.286 e. The van der Waals surface area contributed by atoms with E-state index in [1.807, 2.05) is 47.4 Å². The molecule has 0 radical (unpaired) electrons. The standard InChI is InChI=1S/C14H12N6OS/c15-13(16)19-14-18-12(21)11(22-14)8-9-4-1-2-5-10(9)20-7-3-6-17-20/h1-8H,(H4,15,16,18,19,21)/p+1/b11-8-. The SMILES string of the molecule is NC(N)=NC1=NC(=O)/C(=C/c2ccccc2-[n+]2ccc[nH]2)S1. The van der Waals surface area contributed by atoms with E-state index in [0.29, 0.717) is 4.91 Å². The van der Waals surface area contributed by atoms with Gasteiger partial charge in [-0.05, 0) is 23.9 Å². The van der Waals surface area contributed by atoms with Gasteiger partial charge in [-0.3, -0.25) is 4.79 Å². The molecule has 0 aliphatic carbocycles. The van der Waals surface area contributed by atoms with Crippen LogP contribution in [0.15, 0.2) is 57.6 Å². The van der Waals surface area contributed by atoms with Crippen LogP contribution in [0.1, 0.15) is 5.56 Å². The van der Waals surface area contributed by atoms with Crippen LogP contribution in [0.4, 0.5) is 0 Å². The van der Waals surface area contributed by atoms with Crippen molar-refractivity contribution in [1.29, 1.82) is 0 Å². The summed E-state index contributed by atoms with van der Waals surface area (Å²) in [6.45, 7) is 0. The zero-order valence-electron chi connectivity index (χ0n) is 11.4. The molecule has 3 rings (SSSR count). The van der Waals surface area contributed by atoms with Crippen molar-refractivity contribution in [2.75, 3.05) is 0 Å². The van der Waals surface area contributed by atoms with Crippen LogP contribution in [0.5, 0.6) is 0 Å². The summed E-state index contributed by atoms with van der Waals surface area (Å²) >= 11 is 1.14. The fourth-order valence-corrected chi connectivity index (χ4v) is 2.77. The van der Waals surface area contributed by atoms with Gasteiger partial charge in [-0.2, -0.15) is 15.1 Å². The van der Waals surface area contributed by atoms with Gasteiger partial charge < -0.3 is 11.5 Å². The fourth-order valence-electron chi connectivity index (χ4n) is 1.97. The number of benzene rings is 1. The van der Waals surface area contributed by atoms with Crippen molar-refractivity contribution in [3.63, 3.8) is 0 Å². The summed E-state index contributed by atoms with van der Waals surface area (Å²) < 4.78 is 1.86. The minimum Gasteiger partial charge on any atom is -0.370 e. The number of carbonyl (C=O) groups excluding carboxylic acids is 1. The van der Waals surface area contributed by atoms with E-state index < -0.39 is 0 Å². The quantitative estimate of drug-likeness (QED) is 0.325. The molecule has 0 fully saturated rings. The zero-order valence-corrected chi connectivity index (χ0v) is 12.2. The van der Waals surface area contributed by atoms with Gasteiger partial charge in [0.15, 0.2) is 11.1 Å². The minimum atomic E-state index is -0.351. The van der Waals surface area contributed by atoms with Crippen molar-refractivity contribution < 1.29 is 9.48 Å². The maximum atomic E-state index is 11.9. The summed E-state index contributed by atoms with van der Waals surface area (Å²) in [5.41, 5.74) is 12.4. The molecule has 0 spiro atoms. The summed E-state index contributed by atoms with van der Waals surface area (Å²) in [5.74, 6) is -0.473. The number of amidine groups is 1. The number of nitrogens with zero attached hydrogens (tertiary/aromatic N) is 3. The van der Waals surface area contributed by atoms with Crippen LogP contribution in [-0.4, -0.2) is 22.1 Å². The molecule has 2 aromatic rings. The second kappa shape index (κ2) is 5.86. The first-order valence-corrected chi connectivity index (χ1v) is 7.22. The van der Waals surface area contributed by atoms with Crippen molar-refractivity contribution in [3.8, 4) is 5.69 Å². The van der Waals surface area contributed by atoms with E-state index in [-0.39, 0.29) is 17.0 Å². The van der Waals surface area contributed by atoms with Gasteiger partial charge in [-0.1, -0.05) is 16.8 Å². The number of hydrogen-bond acceptors (Lipinski definition) is 3. The number of thioether (sulfide) groups is 1. The summed E-state index contributed by atoms with van der Waals surface area (Å²) in [6.07, 6.45) is 5.48. The highest BCUT2D eigenvalue weighted by molar-refractivity contribution is 8.18. The number of H-pyrrole nitrogens is 1. The Morgan fingerprint density at radius 3 is 2.86 bits per heavy atom. The normalized spacial score (nSPS) is 15.9. The third-order valence-electron chi connectivity index (χ3n) is 2.86. The molecule has 0 saturated carbocycles. The lowest BCUT2D eigenvalue weighted by Crippen LogP contribution is -2.32. The predicted octanol–water partition coefficient (Wildman–Crippen LogP) is 0.535. The van der Waals surface area contributed by atoms with Crippen LogP contribution in [0.2, 0.25) is 0 Å². The number of nitrogens with two attached hydrogens (primary N) is 2. The number of amides is 1. The largest absolute Gasteiger partial charge is 0.370 e. The fraction of sp³-hybridized carbons (Fsp3) is 0. The Labute approximate surface area is 130 Å². The summed E-state index contributed by atoms with van der Waals surface area (Å²) in [6, 6.07) is 9.59. The van der Waals surface area contributed by atoms with Crippen LogP contribution in [0.25, 0.3) is 11.8 Å². The highest BCUT2D eigenvalue weighted by Crippen LogP contribution is 2.29. The molecule has 7 nitrogen and oxygen atoms in total. The van der Waals surface area contributed by atoms with Crippen molar-refractivity contribution in [2.45, 2.75) is 0 Å². The molecule has 8 heteroatoms. The Hall–Kier alpha value is -2.87. The van der Waals surface area contributed by atoms with Crippen molar-refractivity contribution in [1.82, 2.24) is 5.10 Å². The molecule has 1 aromatic carbocycles. The van der Waals surface area contributed by atoms with Gasteiger partial charge in [0.25, 0.3) is 5.91 Å². The van der Waals surface area contributed by atoms with Crippen molar-refractivity contribution in [3.05, 3.63) is 53.2 Å². The maximum Gasteiger partial charge on any atom is 0.286 e. The van der Waals surface area contributed by atoms with Gasteiger partial charge in [-0.15, -0.1) is 0 Å². The molecule has 0 unspecified atom stereocenters. The first-order valence-electron chi connectivity index (χ1n) is 6.40. The molecule has 0 atom stereocenters. The summed E-state index contributed by atoms with van der Waals surface area (Å²) in [4.78, 5) is 20.0. The molecule has 1 aliphatic heterocycles. The Balaban J connectivity index is 1.95. The number of guanidine groups is 1. The van der Waals surface area contributed by atoms with Crippen LogP contribution < -0.4 is 16.1 Å². The van der Waals surface area contributed by atoms with Gasteiger partial charge in [0, 0.05) is 12.1 Å². The number of aromatic amines is 1. The molecule has 0 bridgehead atoms. The Kier molecular flexibility index (Phi) is 3.75.